The highest BCUT2D eigenvalue weighted by Crippen LogP contribution is 2.24. The topological polar surface area (TPSA) is 114 Å². The first-order valence-corrected chi connectivity index (χ1v) is 13.0. The predicted octanol–water partition coefficient (Wildman–Crippen LogP) is 5.26. The van der Waals surface area contributed by atoms with E-state index in [2.05, 4.69) is 15.2 Å². The third-order valence-corrected chi connectivity index (χ3v) is 6.76. The van der Waals surface area contributed by atoms with Crippen LogP contribution in [0.25, 0.3) is 0 Å². The Morgan fingerprint density at radius 1 is 1.00 bits per heavy atom. The van der Waals surface area contributed by atoms with E-state index in [1.165, 1.54) is 56.9 Å². The summed E-state index contributed by atoms with van der Waals surface area (Å²) in [7, 11) is 0. The highest BCUT2D eigenvalue weighted by atomic mass is 16.6. The fourth-order valence-corrected chi connectivity index (χ4v) is 4.69. The number of carbonyl (C=O) groups is 1. The first-order valence-electron chi connectivity index (χ1n) is 13.0. The lowest BCUT2D eigenvalue weighted by Gasteiger charge is -2.28. The fraction of sp³-hybridized carbons (Fsp3) is 0.556. The second-order valence-corrected chi connectivity index (χ2v) is 9.46. The van der Waals surface area contributed by atoms with Gasteiger partial charge in [0.1, 0.15) is 5.82 Å². The zero-order valence-electron chi connectivity index (χ0n) is 20.7. The summed E-state index contributed by atoms with van der Waals surface area (Å²) in [6, 6.07) is 8.70. The molecular weight excluding hydrogens is 442 g/mol. The SMILES string of the molecule is Nc1ncccc1C(=O)NCCCCCCCCCCCCN1CCc2ccc([N+](=O)[O-])cc2C1. The molecule has 8 nitrogen and oxygen atoms in total. The molecule has 0 bridgehead atoms. The molecule has 1 aliphatic heterocycles. The minimum absolute atomic E-state index is 0.148. The third-order valence-electron chi connectivity index (χ3n) is 6.76. The number of hydrogen-bond acceptors (Lipinski definition) is 6. The van der Waals surface area contributed by atoms with Gasteiger partial charge in [-0.2, -0.15) is 0 Å². The maximum absolute atomic E-state index is 12.1. The first-order chi connectivity index (χ1) is 17.0. The summed E-state index contributed by atoms with van der Waals surface area (Å²) in [6.45, 7) is 3.63. The number of unbranched alkanes of at least 4 members (excludes halogenated alkanes) is 9. The standard InChI is InChI=1S/C27H39N5O3/c28-26-25(12-11-17-29-26)27(33)30-16-9-7-5-3-1-2-4-6-8-10-18-31-19-15-22-13-14-24(32(34)35)20-23(22)21-31/h11-14,17,20H,1-10,15-16,18-19,21H2,(H2,28,29)(H,30,33). The van der Waals surface area contributed by atoms with Gasteiger partial charge in [-0.15, -0.1) is 0 Å². The molecule has 2 aromatic rings. The van der Waals surface area contributed by atoms with Gasteiger partial charge < -0.3 is 11.1 Å². The lowest BCUT2D eigenvalue weighted by Crippen LogP contribution is -2.31. The van der Waals surface area contributed by atoms with Crippen molar-refractivity contribution in [1.82, 2.24) is 15.2 Å². The van der Waals surface area contributed by atoms with Crippen LogP contribution < -0.4 is 11.1 Å². The molecule has 3 rings (SSSR count). The first kappa shape index (κ1) is 26.6. The Labute approximate surface area is 208 Å². The Bertz CT molecular complexity index is 966. The number of hydrogen-bond donors (Lipinski definition) is 2. The van der Waals surface area contributed by atoms with Crippen LogP contribution in [0.5, 0.6) is 0 Å². The maximum atomic E-state index is 12.1. The van der Waals surface area contributed by atoms with Crippen molar-refractivity contribution in [2.24, 2.45) is 0 Å². The van der Waals surface area contributed by atoms with Gasteiger partial charge in [0.25, 0.3) is 11.6 Å². The molecule has 0 spiro atoms. The van der Waals surface area contributed by atoms with Crippen molar-refractivity contribution in [1.29, 1.82) is 0 Å². The average molecular weight is 482 g/mol. The van der Waals surface area contributed by atoms with Crippen LogP contribution in [0.15, 0.2) is 36.5 Å². The number of non-ortho nitro benzene ring substituents is 1. The molecule has 8 heteroatoms. The van der Waals surface area contributed by atoms with Crippen molar-refractivity contribution in [2.45, 2.75) is 77.2 Å². The Kier molecular flexibility index (Phi) is 11.0. The number of fused-ring (bicyclic) bond motifs is 1. The molecule has 2 heterocycles. The number of rotatable bonds is 15. The smallest absolute Gasteiger partial charge is 0.269 e. The number of nitrogen functional groups attached to an aromatic ring is 1. The molecule has 0 atom stereocenters. The summed E-state index contributed by atoms with van der Waals surface area (Å²) in [5.41, 5.74) is 8.74. The van der Waals surface area contributed by atoms with E-state index in [-0.39, 0.29) is 22.3 Å². The summed E-state index contributed by atoms with van der Waals surface area (Å²) in [6.07, 6.45) is 14.7. The molecule has 0 aliphatic carbocycles. The summed E-state index contributed by atoms with van der Waals surface area (Å²) >= 11 is 0. The van der Waals surface area contributed by atoms with Gasteiger partial charge in [0.2, 0.25) is 0 Å². The zero-order chi connectivity index (χ0) is 24.9. The van der Waals surface area contributed by atoms with Gasteiger partial charge in [-0.3, -0.25) is 19.8 Å². The van der Waals surface area contributed by atoms with Crippen molar-refractivity contribution < 1.29 is 9.72 Å². The van der Waals surface area contributed by atoms with E-state index in [9.17, 15) is 14.9 Å². The average Bonchev–Trinajstić information content (AvgIpc) is 2.86. The van der Waals surface area contributed by atoms with Crippen LogP contribution in [-0.2, 0) is 13.0 Å². The van der Waals surface area contributed by atoms with Crippen molar-refractivity contribution in [3.63, 3.8) is 0 Å². The number of nitrogens with one attached hydrogen (secondary N) is 1. The van der Waals surface area contributed by atoms with Gasteiger partial charge in [0.15, 0.2) is 0 Å². The largest absolute Gasteiger partial charge is 0.383 e. The normalized spacial score (nSPS) is 13.4. The number of pyridine rings is 1. The van der Waals surface area contributed by atoms with Crippen LogP contribution >= 0.6 is 0 Å². The van der Waals surface area contributed by atoms with Gasteiger partial charge in [0.05, 0.1) is 10.5 Å². The molecule has 0 fully saturated rings. The lowest BCUT2D eigenvalue weighted by atomic mass is 9.98. The molecule has 1 aromatic carbocycles. The zero-order valence-corrected chi connectivity index (χ0v) is 20.7. The number of nitro groups is 1. The van der Waals surface area contributed by atoms with Gasteiger partial charge in [-0.05, 0) is 49.1 Å². The fourth-order valence-electron chi connectivity index (χ4n) is 4.69. The Morgan fingerprint density at radius 3 is 2.37 bits per heavy atom. The van der Waals surface area contributed by atoms with Crippen molar-refractivity contribution in [3.05, 3.63) is 63.3 Å². The monoisotopic (exact) mass is 481 g/mol. The van der Waals surface area contributed by atoms with E-state index in [1.54, 1.807) is 30.5 Å². The van der Waals surface area contributed by atoms with Gasteiger partial charge in [0, 0.05) is 38.0 Å². The third kappa shape index (κ3) is 8.94. The van der Waals surface area contributed by atoms with Crippen molar-refractivity contribution >= 4 is 17.4 Å². The van der Waals surface area contributed by atoms with Crippen molar-refractivity contribution in [2.75, 3.05) is 25.4 Å². The lowest BCUT2D eigenvalue weighted by molar-refractivity contribution is -0.385. The second-order valence-electron chi connectivity index (χ2n) is 9.46. The van der Waals surface area contributed by atoms with E-state index in [4.69, 9.17) is 5.73 Å². The van der Waals surface area contributed by atoms with Crippen molar-refractivity contribution in [3.8, 4) is 0 Å². The molecule has 35 heavy (non-hydrogen) atoms. The van der Waals surface area contributed by atoms with Crippen LogP contribution in [-0.4, -0.2) is 40.3 Å². The van der Waals surface area contributed by atoms with Crippen LogP contribution in [0.2, 0.25) is 0 Å². The van der Waals surface area contributed by atoms with E-state index >= 15 is 0 Å². The molecule has 190 valence electrons. The summed E-state index contributed by atoms with van der Waals surface area (Å²) < 4.78 is 0. The van der Waals surface area contributed by atoms with Crippen LogP contribution in [0.1, 0.15) is 85.7 Å². The number of carbonyl (C=O) groups excluding carboxylic acids is 1. The molecule has 0 unspecified atom stereocenters. The maximum Gasteiger partial charge on any atom is 0.269 e. The second kappa shape index (κ2) is 14.4. The number of aromatic nitrogens is 1. The van der Waals surface area contributed by atoms with Gasteiger partial charge >= 0.3 is 0 Å². The number of benzene rings is 1. The minimum atomic E-state index is -0.305. The van der Waals surface area contributed by atoms with E-state index < -0.39 is 0 Å². The quantitative estimate of drug-likeness (QED) is 0.204. The Morgan fingerprint density at radius 2 is 1.69 bits per heavy atom. The van der Waals surface area contributed by atoms with E-state index in [1.807, 2.05) is 6.07 Å². The number of nitro benzene ring substituents is 1. The number of amides is 1. The Balaban J connectivity index is 1.13. The molecule has 1 amide bonds. The number of anilines is 1. The Hall–Kier alpha value is -3.00. The molecule has 1 aromatic heterocycles. The molecule has 0 saturated heterocycles. The summed E-state index contributed by atoms with van der Waals surface area (Å²) in [5.74, 6) is 0.125. The highest BCUT2D eigenvalue weighted by Gasteiger charge is 2.18. The molecular formula is C27H39N5O3. The summed E-state index contributed by atoms with van der Waals surface area (Å²) in [5, 5.41) is 13.9. The van der Waals surface area contributed by atoms with E-state index in [0.717, 1.165) is 44.5 Å². The van der Waals surface area contributed by atoms with Crippen LogP contribution in [0.3, 0.4) is 0 Å². The molecule has 0 saturated carbocycles. The highest BCUT2D eigenvalue weighted by molar-refractivity contribution is 5.98. The van der Waals surface area contributed by atoms with Crippen LogP contribution in [0.4, 0.5) is 11.5 Å². The van der Waals surface area contributed by atoms with Gasteiger partial charge in [-0.25, -0.2) is 4.98 Å². The molecule has 0 radical (unpaired) electrons. The van der Waals surface area contributed by atoms with E-state index in [0.29, 0.717) is 12.1 Å². The number of nitrogens with two attached hydrogens (primary N) is 1. The predicted molar refractivity (Wildman–Crippen MR) is 139 cm³/mol. The summed E-state index contributed by atoms with van der Waals surface area (Å²) in [4.78, 5) is 29.1. The molecule has 1 aliphatic rings. The number of nitrogens with zero attached hydrogens (tertiary/aromatic N) is 3. The molecule has 3 N–H and O–H groups in total. The minimum Gasteiger partial charge on any atom is -0.383 e. The van der Waals surface area contributed by atoms with Crippen LogP contribution in [0, 0.1) is 10.1 Å². The van der Waals surface area contributed by atoms with Gasteiger partial charge in [-0.1, -0.05) is 57.4 Å².